The first kappa shape index (κ1) is 76.0. The number of rotatable bonds is 58. The molecule has 81 heavy (non-hydrogen) atoms. The van der Waals surface area contributed by atoms with Crippen molar-refractivity contribution in [1.29, 1.82) is 0 Å². The van der Waals surface area contributed by atoms with Gasteiger partial charge in [0.2, 0.25) is 0 Å². The maximum absolute atomic E-state index is 12.9. The molecule has 0 aromatic rings. The maximum Gasteiger partial charge on any atom is 0.306 e. The second kappa shape index (κ2) is 67.5. The summed E-state index contributed by atoms with van der Waals surface area (Å²) in [5, 5.41) is 0. The van der Waals surface area contributed by atoms with E-state index in [9.17, 15) is 14.4 Å². The summed E-state index contributed by atoms with van der Waals surface area (Å²) in [6.45, 7) is 6.35. The van der Waals surface area contributed by atoms with E-state index in [1.54, 1.807) is 0 Å². The highest BCUT2D eigenvalue weighted by atomic mass is 16.6. The first-order valence-electron chi connectivity index (χ1n) is 33.0. The molecule has 6 nitrogen and oxygen atoms in total. The average molecular weight is 1120 g/mol. The van der Waals surface area contributed by atoms with Crippen LogP contribution < -0.4 is 0 Å². The highest BCUT2D eigenvalue weighted by Crippen LogP contribution is 2.15. The highest BCUT2D eigenvalue weighted by molar-refractivity contribution is 5.71. The fourth-order valence-electron chi connectivity index (χ4n) is 8.62. The number of unbranched alkanes of at least 4 members (excludes halogenated alkanes) is 21. The quantitative estimate of drug-likeness (QED) is 0.0261. The predicted octanol–water partition coefficient (Wildman–Crippen LogP) is 22.9. The lowest BCUT2D eigenvalue weighted by Crippen LogP contribution is -2.30. The summed E-state index contributed by atoms with van der Waals surface area (Å²) in [5.74, 6) is -0.950. The minimum atomic E-state index is -0.809. The summed E-state index contributed by atoms with van der Waals surface area (Å²) in [7, 11) is 0. The number of hydrogen-bond acceptors (Lipinski definition) is 6. The molecule has 1 unspecified atom stereocenters. The zero-order valence-electron chi connectivity index (χ0n) is 52.2. The molecule has 0 aliphatic rings. The van der Waals surface area contributed by atoms with Gasteiger partial charge in [0.1, 0.15) is 13.2 Å². The topological polar surface area (TPSA) is 78.9 Å². The van der Waals surface area contributed by atoms with Gasteiger partial charge in [0.15, 0.2) is 6.10 Å². The van der Waals surface area contributed by atoms with Crippen molar-refractivity contribution in [3.8, 4) is 0 Å². The Hall–Kier alpha value is -4.97. The fraction of sp³-hybridized carbons (Fsp3) is 0.613. The number of carbonyl (C=O) groups is 3. The largest absolute Gasteiger partial charge is 0.462 e. The lowest BCUT2D eigenvalue weighted by atomic mass is 10.1. The zero-order chi connectivity index (χ0) is 58.5. The van der Waals surface area contributed by atoms with Gasteiger partial charge >= 0.3 is 17.9 Å². The number of esters is 3. The minimum absolute atomic E-state index is 0.104. The molecule has 0 saturated carbocycles. The average Bonchev–Trinajstić information content (AvgIpc) is 3.47. The lowest BCUT2D eigenvalue weighted by Gasteiger charge is -2.18. The van der Waals surface area contributed by atoms with Crippen molar-refractivity contribution in [3.05, 3.63) is 158 Å². The number of carbonyl (C=O) groups excluding carboxylic acids is 3. The van der Waals surface area contributed by atoms with Crippen LogP contribution in [-0.4, -0.2) is 37.2 Å². The third-order valence-corrected chi connectivity index (χ3v) is 13.5. The van der Waals surface area contributed by atoms with E-state index in [0.717, 1.165) is 167 Å². The first-order valence-corrected chi connectivity index (χ1v) is 33.0. The number of hydrogen-bond donors (Lipinski definition) is 0. The van der Waals surface area contributed by atoms with Crippen molar-refractivity contribution in [2.24, 2.45) is 0 Å². The van der Waals surface area contributed by atoms with Crippen molar-refractivity contribution < 1.29 is 28.6 Å². The molecule has 1 atom stereocenters. The molecule has 456 valence electrons. The predicted molar refractivity (Wildman–Crippen MR) is 352 cm³/mol. The Labute approximate surface area is 499 Å². The molecule has 6 heteroatoms. The lowest BCUT2D eigenvalue weighted by molar-refractivity contribution is -0.167. The molecule has 0 aromatic heterocycles. The van der Waals surface area contributed by atoms with E-state index < -0.39 is 6.10 Å². The molecule has 0 bridgehead atoms. The van der Waals surface area contributed by atoms with Crippen LogP contribution in [-0.2, 0) is 28.6 Å². The second-order valence-corrected chi connectivity index (χ2v) is 21.3. The van der Waals surface area contributed by atoms with Crippen LogP contribution in [0.15, 0.2) is 158 Å². The highest BCUT2D eigenvalue weighted by Gasteiger charge is 2.19. The van der Waals surface area contributed by atoms with E-state index in [0.29, 0.717) is 19.3 Å². The van der Waals surface area contributed by atoms with Crippen LogP contribution in [0, 0.1) is 0 Å². The molecule has 0 radical (unpaired) electrons. The van der Waals surface area contributed by atoms with Crippen LogP contribution in [0.2, 0.25) is 0 Å². The van der Waals surface area contributed by atoms with Crippen molar-refractivity contribution in [2.45, 2.75) is 284 Å². The van der Waals surface area contributed by atoms with Gasteiger partial charge in [-0.15, -0.1) is 0 Å². The molecule has 0 aliphatic carbocycles. The van der Waals surface area contributed by atoms with Gasteiger partial charge in [-0.05, 0) is 148 Å². The SMILES string of the molecule is CC/C=C\C/C=C\C/C=C\C/C=C\C/C=C\C/C=C\C/C=C\CCCCCCCC(=O)OCC(COC(=O)CCCCCC/C=C\C/C=C\C/C=C\C/C=C\CC)OC(=O)CCCCCCCCCCC/C=C\C/C=C\CCCCC. The normalized spacial score (nSPS) is 13.2. The fourth-order valence-corrected chi connectivity index (χ4v) is 8.62. The molecule has 0 rings (SSSR count). The van der Waals surface area contributed by atoms with Gasteiger partial charge in [0.25, 0.3) is 0 Å². The third-order valence-electron chi connectivity index (χ3n) is 13.5. The Morgan fingerprint density at radius 2 is 0.481 bits per heavy atom. The van der Waals surface area contributed by atoms with Crippen molar-refractivity contribution in [1.82, 2.24) is 0 Å². The summed E-state index contributed by atoms with van der Waals surface area (Å²) in [6, 6.07) is 0. The molecule has 0 saturated heterocycles. The Morgan fingerprint density at radius 3 is 0.753 bits per heavy atom. The van der Waals surface area contributed by atoms with Gasteiger partial charge in [-0.2, -0.15) is 0 Å². The molecule has 0 spiro atoms. The van der Waals surface area contributed by atoms with E-state index in [4.69, 9.17) is 14.2 Å². The summed E-state index contributed by atoms with van der Waals surface area (Å²) in [4.78, 5) is 38.4. The summed E-state index contributed by atoms with van der Waals surface area (Å²) < 4.78 is 16.9. The van der Waals surface area contributed by atoms with Crippen molar-refractivity contribution >= 4 is 17.9 Å². The first-order chi connectivity index (χ1) is 40.0. The van der Waals surface area contributed by atoms with E-state index in [1.165, 1.54) is 70.6 Å². The molecule has 0 heterocycles. The van der Waals surface area contributed by atoms with Crippen LogP contribution in [0.3, 0.4) is 0 Å². The summed E-state index contributed by atoms with van der Waals surface area (Å²) in [5.41, 5.74) is 0. The summed E-state index contributed by atoms with van der Waals surface area (Å²) in [6.07, 6.45) is 98.1. The molecule has 0 fully saturated rings. The van der Waals surface area contributed by atoms with Crippen LogP contribution in [0.1, 0.15) is 278 Å². The maximum atomic E-state index is 12.9. The third kappa shape index (κ3) is 65.7. The standard InChI is InChI=1S/C75H120O6/c1-4-7-10-13-16-19-22-25-28-31-33-34-35-36-37-38-39-40-42-44-47-50-53-56-59-62-65-68-74(77)80-71-72(70-79-73(76)67-64-61-58-55-52-49-46-43-30-27-24-21-18-15-12-9-6-3)81-75(78)69-66-63-60-57-54-51-48-45-41-32-29-26-23-20-17-14-11-8-5-2/h7,9-10,12,16-21,25-30,33-34,36-37,39-40,44,46-47,49,72H,4-6,8,11,13-15,22-24,31-32,35,38,41-43,45,48,50-71H2,1-3H3/b10-7-,12-9-,19-16-,20-17-,21-18-,28-25-,29-26-,30-27-,34-33-,37-36-,40-39-,47-44-,49-46-. The molecule has 0 amide bonds. The van der Waals surface area contributed by atoms with Crippen molar-refractivity contribution in [3.63, 3.8) is 0 Å². The van der Waals surface area contributed by atoms with Gasteiger partial charge in [-0.25, -0.2) is 0 Å². The van der Waals surface area contributed by atoms with Crippen LogP contribution in [0.5, 0.6) is 0 Å². The Morgan fingerprint density at radius 1 is 0.259 bits per heavy atom. The monoisotopic (exact) mass is 1120 g/mol. The number of ether oxygens (including phenoxy) is 3. The summed E-state index contributed by atoms with van der Waals surface area (Å²) >= 11 is 0. The van der Waals surface area contributed by atoms with Gasteiger partial charge in [-0.1, -0.05) is 269 Å². The molecule has 0 aliphatic heterocycles. The Balaban J connectivity index is 4.47. The van der Waals surface area contributed by atoms with Gasteiger partial charge in [0.05, 0.1) is 0 Å². The van der Waals surface area contributed by atoms with Gasteiger partial charge < -0.3 is 14.2 Å². The molecular formula is C75H120O6. The zero-order valence-corrected chi connectivity index (χ0v) is 52.2. The van der Waals surface area contributed by atoms with Crippen LogP contribution in [0.25, 0.3) is 0 Å². The van der Waals surface area contributed by atoms with E-state index in [2.05, 4.69) is 179 Å². The van der Waals surface area contributed by atoms with E-state index in [1.807, 2.05) is 0 Å². The Kier molecular flexibility index (Phi) is 63.4. The van der Waals surface area contributed by atoms with Gasteiger partial charge in [-0.3, -0.25) is 14.4 Å². The molecule has 0 N–H and O–H groups in total. The Bertz CT molecular complexity index is 1810. The van der Waals surface area contributed by atoms with Gasteiger partial charge in [0, 0.05) is 19.3 Å². The van der Waals surface area contributed by atoms with Crippen LogP contribution in [0.4, 0.5) is 0 Å². The van der Waals surface area contributed by atoms with Crippen LogP contribution >= 0.6 is 0 Å². The molecule has 0 aromatic carbocycles. The number of allylic oxidation sites excluding steroid dienone is 26. The molecular weight excluding hydrogens is 997 g/mol. The van der Waals surface area contributed by atoms with E-state index in [-0.39, 0.29) is 31.1 Å². The van der Waals surface area contributed by atoms with E-state index >= 15 is 0 Å². The smallest absolute Gasteiger partial charge is 0.306 e. The van der Waals surface area contributed by atoms with Crippen molar-refractivity contribution in [2.75, 3.05) is 13.2 Å². The second-order valence-electron chi connectivity index (χ2n) is 21.3. The minimum Gasteiger partial charge on any atom is -0.462 e.